The summed E-state index contributed by atoms with van der Waals surface area (Å²) in [4.78, 5) is 25.9. The van der Waals surface area contributed by atoms with E-state index in [9.17, 15) is 9.35 Å². The number of aromatic nitrogens is 3. The van der Waals surface area contributed by atoms with Crippen molar-refractivity contribution in [2.75, 3.05) is 11.6 Å². The normalized spacial score (nSPS) is 18.2. The van der Waals surface area contributed by atoms with Gasteiger partial charge < -0.3 is 14.6 Å². The maximum absolute atomic E-state index is 12.9. The Balaban J connectivity index is 1.51. The van der Waals surface area contributed by atoms with E-state index in [1.807, 2.05) is 43.3 Å². The lowest BCUT2D eigenvalue weighted by atomic mass is 10.0. The monoisotopic (exact) mass is 500 g/mol. The topological polar surface area (TPSA) is 100 Å². The van der Waals surface area contributed by atoms with Gasteiger partial charge >= 0.3 is 5.16 Å². The summed E-state index contributed by atoms with van der Waals surface area (Å²) in [6.07, 6.45) is 7.75. The molecule has 184 valence electrons. The molecule has 0 spiro atoms. The second-order valence-electron chi connectivity index (χ2n) is 9.35. The SMILES string of the molecule is Cc1ccc2c(NC(=O)C3CCC(C)C3)cccc2c1Oc1ncccc1-c1ccnc([S+](C)[O-])n1. The van der Waals surface area contributed by atoms with Crippen LogP contribution in [0.2, 0.25) is 0 Å². The number of carbonyl (C=O) groups is 1. The molecule has 0 saturated heterocycles. The molecule has 4 aromatic rings. The predicted octanol–water partition coefficient (Wildman–Crippen LogP) is 5.90. The van der Waals surface area contributed by atoms with Gasteiger partial charge in [-0.2, -0.15) is 9.97 Å². The Morgan fingerprint density at radius 3 is 2.69 bits per heavy atom. The molecule has 8 heteroatoms. The molecule has 0 bridgehead atoms. The molecular formula is C28H28N4O3S. The van der Waals surface area contributed by atoms with Gasteiger partial charge in [-0.1, -0.05) is 31.2 Å². The zero-order valence-corrected chi connectivity index (χ0v) is 21.3. The van der Waals surface area contributed by atoms with Crippen molar-refractivity contribution >= 4 is 33.5 Å². The van der Waals surface area contributed by atoms with Crippen LogP contribution in [0.1, 0.15) is 31.7 Å². The average Bonchev–Trinajstić information content (AvgIpc) is 3.32. The molecule has 1 fully saturated rings. The third-order valence-corrected chi connectivity index (χ3v) is 7.38. The fraction of sp³-hybridized carbons (Fsp3) is 0.286. The summed E-state index contributed by atoms with van der Waals surface area (Å²) >= 11 is -1.31. The Morgan fingerprint density at radius 1 is 1.06 bits per heavy atom. The van der Waals surface area contributed by atoms with E-state index < -0.39 is 11.2 Å². The van der Waals surface area contributed by atoms with Crippen LogP contribution in [0, 0.1) is 18.8 Å². The van der Waals surface area contributed by atoms with Crippen LogP contribution in [0.15, 0.2) is 66.1 Å². The number of nitrogens with one attached hydrogen (secondary N) is 1. The van der Waals surface area contributed by atoms with E-state index >= 15 is 0 Å². The van der Waals surface area contributed by atoms with Crippen LogP contribution >= 0.6 is 0 Å². The van der Waals surface area contributed by atoms with E-state index in [4.69, 9.17) is 4.74 Å². The van der Waals surface area contributed by atoms with Crippen molar-refractivity contribution in [3.8, 4) is 22.9 Å². The van der Waals surface area contributed by atoms with Gasteiger partial charge in [-0.15, -0.1) is 0 Å². The van der Waals surface area contributed by atoms with Crippen LogP contribution in [0.3, 0.4) is 0 Å². The molecule has 5 rings (SSSR count). The zero-order valence-electron chi connectivity index (χ0n) is 20.5. The highest BCUT2D eigenvalue weighted by Gasteiger charge is 2.27. The van der Waals surface area contributed by atoms with Crippen molar-refractivity contribution < 1.29 is 14.1 Å². The standard InChI is InChI=1S/C28H28N4O3S/c1-17-9-11-19(16-17)26(33)31-23-8-4-6-21-20(23)12-10-18(2)25(21)35-27-22(7-5-14-29-27)24-13-15-30-28(32-24)36(3)34/h4-8,10,12-15,17,19H,9,11,16H2,1-3H3,(H,31,33). The van der Waals surface area contributed by atoms with Gasteiger partial charge in [0.05, 0.1) is 11.3 Å². The Kier molecular flexibility index (Phi) is 6.89. The number of aryl methyl sites for hydroxylation is 1. The van der Waals surface area contributed by atoms with Gasteiger partial charge in [0.1, 0.15) is 12.0 Å². The number of amides is 1. The molecule has 1 N–H and O–H groups in total. The number of rotatable bonds is 6. The van der Waals surface area contributed by atoms with Gasteiger partial charge in [0.15, 0.2) is 0 Å². The van der Waals surface area contributed by atoms with Gasteiger partial charge in [-0.3, -0.25) is 4.79 Å². The summed E-state index contributed by atoms with van der Waals surface area (Å²) in [5, 5.41) is 5.19. The van der Waals surface area contributed by atoms with Crippen LogP contribution < -0.4 is 10.1 Å². The molecule has 1 amide bonds. The number of fused-ring (bicyclic) bond motifs is 1. The van der Waals surface area contributed by atoms with Gasteiger partial charge in [-0.05, 0) is 61.9 Å². The lowest BCUT2D eigenvalue weighted by Gasteiger charge is -2.17. The molecule has 1 saturated carbocycles. The number of nitrogens with zero attached hydrogens (tertiary/aromatic N) is 3. The smallest absolute Gasteiger partial charge is 0.342 e. The second kappa shape index (κ2) is 10.2. The molecule has 3 atom stereocenters. The molecule has 36 heavy (non-hydrogen) atoms. The quantitative estimate of drug-likeness (QED) is 0.261. The third kappa shape index (κ3) is 4.92. The number of pyridine rings is 1. The fourth-order valence-electron chi connectivity index (χ4n) is 4.76. The lowest BCUT2D eigenvalue weighted by Crippen LogP contribution is -2.20. The minimum absolute atomic E-state index is 0.0581. The maximum atomic E-state index is 12.9. The number of hydrogen-bond donors (Lipinski definition) is 1. The second-order valence-corrected chi connectivity index (χ2v) is 10.6. The number of ether oxygens (including phenoxy) is 1. The molecule has 7 nitrogen and oxygen atoms in total. The van der Waals surface area contributed by atoms with Crippen LogP contribution in [-0.4, -0.2) is 31.7 Å². The Bertz CT molecular complexity index is 1430. The van der Waals surface area contributed by atoms with Crippen molar-refractivity contribution in [2.24, 2.45) is 11.8 Å². The first-order valence-corrected chi connectivity index (χ1v) is 13.6. The molecule has 2 aromatic carbocycles. The zero-order chi connectivity index (χ0) is 25.2. The van der Waals surface area contributed by atoms with Crippen molar-refractivity contribution in [2.45, 2.75) is 38.3 Å². The van der Waals surface area contributed by atoms with Gasteiger partial charge in [0.25, 0.3) is 0 Å². The van der Waals surface area contributed by atoms with Gasteiger partial charge in [-0.25, -0.2) is 4.98 Å². The Morgan fingerprint density at radius 2 is 1.92 bits per heavy atom. The minimum Gasteiger partial charge on any atom is -0.609 e. The van der Waals surface area contributed by atoms with Gasteiger partial charge in [0, 0.05) is 45.9 Å². The summed E-state index contributed by atoms with van der Waals surface area (Å²) in [7, 11) is 0. The Hall–Kier alpha value is -3.49. The highest BCUT2D eigenvalue weighted by molar-refractivity contribution is 7.90. The highest BCUT2D eigenvalue weighted by atomic mass is 32.2. The third-order valence-electron chi connectivity index (χ3n) is 6.67. The summed E-state index contributed by atoms with van der Waals surface area (Å²) in [5.74, 6) is 1.77. The minimum atomic E-state index is -1.31. The van der Waals surface area contributed by atoms with Crippen LogP contribution in [0.25, 0.3) is 22.0 Å². The lowest BCUT2D eigenvalue weighted by molar-refractivity contribution is -0.119. The van der Waals surface area contributed by atoms with Gasteiger partial charge in [0.2, 0.25) is 11.8 Å². The number of hydrogen-bond acceptors (Lipinski definition) is 6. The highest BCUT2D eigenvalue weighted by Crippen LogP contribution is 2.39. The average molecular weight is 501 g/mol. The molecule has 2 aromatic heterocycles. The number of benzene rings is 2. The van der Waals surface area contributed by atoms with Crippen molar-refractivity contribution in [1.29, 1.82) is 0 Å². The molecular weight excluding hydrogens is 472 g/mol. The van der Waals surface area contributed by atoms with E-state index in [-0.39, 0.29) is 17.0 Å². The van der Waals surface area contributed by atoms with E-state index in [0.717, 1.165) is 41.3 Å². The fourth-order valence-corrected chi connectivity index (χ4v) is 5.19. The molecule has 2 heterocycles. The molecule has 0 radical (unpaired) electrons. The Labute approximate surface area is 213 Å². The molecule has 1 aliphatic carbocycles. The predicted molar refractivity (Wildman–Crippen MR) is 141 cm³/mol. The first kappa shape index (κ1) is 24.2. The van der Waals surface area contributed by atoms with E-state index in [0.29, 0.717) is 28.8 Å². The molecule has 0 aliphatic heterocycles. The molecule has 1 aliphatic rings. The van der Waals surface area contributed by atoms with E-state index in [1.54, 1.807) is 30.8 Å². The summed E-state index contributed by atoms with van der Waals surface area (Å²) in [5.41, 5.74) is 2.96. The summed E-state index contributed by atoms with van der Waals surface area (Å²) < 4.78 is 18.3. The van der Waals surface area contributed by atoms with Crippen molar-refractivity contribution in [3.63, 3.8) is 0 Å². The van der Waals surface area contributed by atoms with Crippen LogP contribution in [-0.2, 0) is 16.0 Å². The maximum Gasteiger partial charge on any atom is 0.342 e. The van der Waals surface area contributed by atoms with Crippen molar-refractivity contribution in [3.05, 3.63) is 66.5 Å². The van der Waals surface area contributed by atoms with Crippen LogP contribution in [0.5, 0.6) is 11.6 Å². The number of anilines is 1. The largest absolute Gasteiger partial charge is 0.609 e. The van der Waals surface area contributed by atoms with Crippen LogP contribution in [0.4, 0.5) is 5.69 Å². The van der Waals surface area contributed by atoms with E-state index in [1.165, 1.54) is 0 Å². The first-order valence-electron chi connectivity index (χ1n) is 12.0. The molecule has 3 unspecified atom stereocenters. The van der Waals surface area contributed by atoms with E-state index in [2.05, 4.69) is 27.2 Å². The van der Waals surface area contributed by atoms with Crippen molar-refractivity contribution in [1.82, 2.24) is 15.0 Å². The summed E-state index contributed by atoms with van der Waals surface area (Å²) in [6, 6.07) is 15.2. The first-order chi connectivity index (χ1) is 17.4. The summed E-state index contributed by atoms with van der Waals surface area (Å²) in [6.45, 7) is 4.18. The number of carbonyl (C=O) groups excluding carboxylic acids is 1.